The van der Waals surface area contributed by atoms with Crippen LogP contribution >= 0.6 is 11.6 Å². The molecule has 1 aromatic rings. The number of hydrogen-bond acceptors (Lipinski definition) is 4. The predicted molar refractivity (Wildman–Crippen MR) is 74.3 cm³/mol. The van der Waals surface area contributed by atoms with E-state index in [1.54, 1.807) is 31.2 Å². The molecule has 1 rings (SSSR count). The fourth-order valence-electron chi connectivity index (χ4n) is 1.53. The molecule has 0 aliphatic heterocycles. The minimum absolute atomic E-state index is 0.147. The molecule has 0 amide bonds. The molecule has 1 N–H and O–H groups in total. The molecule has 2 atom stereocenters. The quantitative estimate of drug-likeness (QED) is 0.618. The third-order valence-electron chi connectivity index (χ3n) is 2.69. The summed E-state index contributed by atoms with van der Waals surface area (Å²) in [7, 11) is 0. The van der Waals surface area contributed by atoms with Gasteiger partial charge in [-0.3, -0.25) is 9.59 Å². The summed E-state index contributed by atoms with van der Waals surface area (Å²) in [4.78, 5) is 21.7. The number of ether oxygens (including phenoxy) is 2. The molecule has 0 radical (unpaired) electrons. The van der Waals surface area contributed by atoms with Gasteiger partial charge in [-0.1, -0.05) is 12.1 Å². The van der Waals surface area contributed by atoms with Crippen LogP contribution in [0.25, 0.3) is 0 Å². The first-order valence-electron chi connectivity index (χ1n) is 6.12. The van der Waals surface area contributed by atoms with Crippen molar-refractivity contribution in [2.45, 2.75) is 25.9 Å². The molecule has 1 unspecified atom stereocenters. The van der Waals surface area contributed by atoms with E-state index in [0.717, 1.165) is 0 Å². The van der Waals surface area contributed by atoms with Crippen LogP contribution < -0.4 is 4.74 Å². The average Bonchev–Trinajstić information content (AvgIpc) is 2.42. The zero-order valence-corrected chi connectivity index (χ0v) is 12.1. The Balaban J connectivity index is 2.57. The van der Waals surface area contributed by atoms with Crippen LogP contribution in [0.15, 0.2) is 24.3 Å². The van der Waals surface area contributed by atoms with Crippen molar-refractivity contribution in [1.29, 1.82) is 0 Å². The number of aliphatic carboxylic acids is 1. The van der Waals surface area contributed by atoms with E-state index in [4.69, 9.17) is 26.2 Å². The van der Waals surface area contributed by atoms with Crippen LogP contribution in [0.5, 0.6) is 5.75 Å². The summed E-state index contributed by atoms with van der Waals surface area (Å²) in [5.74, 6) is -1.15. The Labute approximate surface area is 122 Å². The lowest BCUT2D eigenvalue weighted by molar-refractivity contribution is -0.146. The fraction of sp³-hybridized carbons (Fsp3) is 0.429. The van der Waals surface area contributed by atoms with Gasteiger partial charge in [0.2, 0.25) is 0 Å². The molecule has 0 aliphatic carbocycles. The van der Waals surface area contributed by atoms with E-state index in [1.165, 1.54) is 6.92 Å². The second kappa shape index (κ2) is 7.75. The van der Waals surface area contributed by atoms with E-state index in [0.29, 0.717) is 11.3 Å². The van der Waals surface area contributed by atoms with Gasteiger partial charge in [0.05, 0.1) is 11.8 Å². The summed E-state index contributed by atoms with van der Waals surface area (Å²) in [6, 6.07) is 6.73. The molecule has 5 nitrogen and oxygen atoms in total. The van der Waals surface area contributed by atoms with Gasteiger partial charge in [-0.15, -0.1) is 11.6 Å². The maximum Gasteiger partial charge on any atom is 0.310 e. The number of hydrogen-bond donors (Lipinski definition) is 1. The molecule has 0 spiro atoms. The lowest BCUT2D eigenvalue weighted by Crippen LogP contribution is -2.25. The largest absolute Gasteiger partial charge is 0.490 e. The summed E-state index contributed by atoms with van der Waals surface area (Å²) < 4.78 is 10.4. The van der Waals surface area contributed by atoms with Gasteiger partial charge in [-0.2, -0.15) is 0 Å². The number of carbonyl (C=O) groups excluding carboxylic acids is 1. The molecule has 20 heavy (non-hydrogen) atoms. The van der Waals surface area contributed by atoms with Gasteiger partial charge in [0, 0.05) is 6.92 Å². The molecule has 0 saturated carbocycles. The molecule has 0 bridgehead atoms. The van der Waals surface area contributed by atoms with Crippen LogP contribution in [-0.4, -0.2) is 35.6 Å². The Morgan fingerprint density at radius 3 is 2.35 bits per heavy atom. The molecular formula is C14H17ClO5. The molecule has 0 saturated heterocycles. The zero-order chi connectivity index (χ0) is 15.1. The van der Waals surface area contributed by atoms with E-state index in [2.05, 4.69) is 0 Å². The number of carboxylic acid groups (broad SMARTS) is 1. The summed E-state index contributed by atoms with van der Waals surface area (Å²) in [5.41, 5.74) is 0.693. The minimum Gasteiger partial charge on any atom is -0.490 e. The van der Waals surface area contributed by atoms with Crippen LogP contribution in [0, 0.1) is 0 Å². The van der Waals surface area contributed by atoms with E-state index < -0.39 is 24.0 Å². The summed E-state index contributed by atoms with van der Waals surface area (Å²) in [5, 5.41) is 8.90. The molecule has 6 heteroatoms. The molecule has 0 aromatic heterocycles. The van der Waals surface area contributed by atoms with Crippen LogP contribution in [0.4, 0.5) is 0 Å². The third-order valence-corrected chi connectivity index (χ3v) is 3.04. The number of alkyl halides is 1. The van der Waals surface area contributed by atoms with Crippen molar-refractivity contribution in [2.24, 2.45) is 0 Å². The summed E-state index contributed by atoms with van der Waals surface area (Å²) >= 11 is 5.66. The molecule has 1 aromatic carbocycles. The molecular weight excluding hydrogens is 284 g/mol. The van der Waals surface area contributed by atoms with Gasteiger partial charge in [0.15, 0.2) is 0 Å². The normalized spacial score (nSPS) is 13.3. The van der Waals surface area contributed by atoms with Crippen molar-refractivity contribution in [3.8, 4) is 5.75 Å². The highest BCUT2D eigenvalue weighted by Crippen LogP contribution is 2.19. The minimum atomic E-state index is -0.879. The van der Waals surface area contributed by atoms with E-state index in [1.807, 2.05) is 0 Å². The molecule has 0 heterocycles. The second-order valence-electron chi connectivity index (χ2n) is 4.33. The van der Waals surface area contributed by atoms with Crippen molar-refractivity contribution < 1.29 is 24.2 Å². The third kappa shape index (κ3) is 5.09. The summed E-state index contributed by atoms with van der Waals surface area (Å²) in [6.45, 7) is 3.07. The Kier molecular flexibility index (Phi) is 6.31. The predicted octanol–water partition coefficient (Wildman–Crippen LogP) is 2.42. The number of carbonyl (C=O) groups is 2. The summed E-state index contributed by atoms with van der Waals surface area (Å²) in [6.07, 6.45) is -0.508. The number of rotatable bonds is 7. The van der Waals surface area contributed by atoms with Gasteiger partial charge in [-0.05, 0) is 24.6 Å². The number of esters is 1. The topological polar surface area (TPSA) is 72.8 Å². The zero-order valence-electron chi connectivity index (χ0n) is 11.3. The van der Waals surface area contributed by atoms with E-state index in [9.17, 15) is 9.59 Å². The molecule has 110 valence electrons. The monoisotopic (exact) mass is 300 g/mol. The van der Waals surface area contributed by atoms with Crippen molar-refractivity contribution in [3.05, 3.63) is 29.8 Å². The Bertz CT molecular complexity index is 457. The van der Waals surface area contributed by atoms with Crippen LogP contribution in [0.2, 0.25) is 0 Å². The SMILES string of the molecule is CC(=O)OC(CCl)COc1ccc([C@@H](C)C(=O)O)cc1. The maximum atomic E-state index is 10.8. The van der Waals surface area contributed by atoms with Gasteiger partial charge < -0.3 is 14.6 Å². The molecule has 0 aliphatic rings. The van der Waals surface area contributed by atoms with Crippen LogP contribution in [-0.2, 0) is 14.3 Å². The average molecular weight is 301 g/mol. The highest BCUT2D eigenvalue weighted by molar-refractivity contribution is 6.18. The van der Waals surface area contributed by atoms with Gasteiger partial charge in [-0.25, -0.2) is 0 Å². The smallest absolute Gasteiger partial charge is 0.310 e. The Morgan fingerprint density at radius 2 is 1.90 bits per heavy atom. The Hall–Kier alpha value is -1.75. The van der Waals surface area contributed by atoms with Crippen LogP contribution in [0.1, 0.15) is 25.3 Å². The molecule has 0 fully saturated rings. The number of halogens is 1. The van der Waals surface area contributed by atoms with E-state index in [-0.39, 0.29) is 12.5 Å². The van der Waals surface area contributed by atoms with Crippen molar-refractivity contribution in [2.75, 3.05) is 12.5 Å². The van der Waals surface area contributed by atoms with Gasteiger partial charge in [0.25, 0.3) is 0 Å². The van der Waals surface area contributed by atoms with Gasteiger partial charge >= 0.3 is 11.9 Å². The lowest BCUT2D eigenvalue weighted by atomic mass is 10.0. The van der Waals surface area contributed by atoms with E-state index >= 15 is 0 Å². The van der Waals surface area contributed by atoms with Crippen molar-refractivity contribution in [3.63, 3.8) is 0 Å². The highest BCUT2D eigenvalue weighted by Gasteiger charge is 2.14. The standard InChI is InChI=1S/C14H17ClO5/c1-9(14(17)18)11-3-5-12(6-4-11)19-8-13(7-15)20-10(2)16/h3-6,9,13H,7-8H2,1-2H3,(H,17,18)/t9-,13?/m1/s1. The van der Waals surface area contributed by atoms with Crippen molar-refractivity contribution in [1.82, 2.24) is 0 Å². The first kappa shape index (κ1) is 16.3. The Morgan fingerprint density at radius 1 is 1.30 bits per heavy atom. The van der Waals surface area contributed by atoms with Gasteiger partial charge in [0.1, 0.15) is 18.5 Å². The lowest BCUT2D eigenvalue weighted by Gasteiger charge is -2.15. The first-order chi connectivity index (χ1) is 9.43. The highest BCUT2D eigenvalue weighted by atomic mass is 35.5. The maximum absolute atomic E-state index is 10.8. The number of benzene rings is 1. The fourth-order valence-corrected chi connectivity index (χ4v) is 1.68. The van der Waals surface area contributed by atoms with Crippen LogP contribution in [0.3, 0.4) is 0 Å². The van der Waals surface area contributed by atoms with Crippen molar-refractivity contribution >= 4 is 23.5 Å². The second-order valence-corrected chi connectivity index (χ2v) is 4.63. The first-order valence-corrected chi connectivity index (χ1v) is 6.66. The number of carboxylic acids is 1.